The molecule has 4 aromatic rings. The lowest BCUT2D eigenvalue weighted by Crippen LogP contribution is -2.44. The van der Waals surface area contributed by atoms with Crippen LogP contribution in [0, 0.1) is 0 Å². The fourth-order valence-corrected chi connectivity index (χ4v) is 6.04. The lowest BCUT2D eigenvalue weighted by Gasteiger charge is -2.34. The van der Waals surface area contributed by atoms with Crippen LogP contribution in [0.25, 0.3) is 22.4 Å². The zero-order valence-corrected chi connectivity index (χ0v) is 22.2. The second-order valence-corrected chi connectivity index (χ2v) is 10.7. The van der Waals surface area contributed by atoms with Crippen molar-refractivity contribution in [2.45, 2.75) is 18.2 Å². The number of hydrogen-bond acceptors (Lipinski definition) is 7. The van der Waals surface area contributed by atoms with Crippen molar-refractivity contribution in [3.8, 4) is 22.4 Å². The van der Waals surface area contributed by atoms with Gasteiger partial charge >= 0.3 is 0 Å². The Kier molecular flexibility index (Phi) is 6.72. The molecule has 1 N–H and O–H groups in total. The first-order chi connectivity index (χ1) is 18.2. The molecule has 0 spiro atoms. The van der Waals surface area contributed by atoms with E-state index in [0.29, 0.717) is 5.95 Å². The van der Waals surface area contributed by atoms with Gasteiger partial charge in [-0.3, -0.25) is 0 Å². The minimum atomic E-state index is 0.617. The SMILES string of the molecule is CCCN1Sc2cnc(Nc3ccc(N4CCN(C)CC4)cc3)nc2-c2cc(-c3ccccc3)ccc21. The quantitative estimate of drug-likeness (QED) is 0.297. The number of nitrogens with zero attached hydrogens (tertiary/aromatic N) is 5. The fraction of sp³-hybridized carbons (Fsp3) is 0.267. The van der Waals surface area contributed by atoms with E-state index in [1.807, 2.05) is 6.20 Å². The molecule has 0 atom stereocenters. The highest BCUT2D eigenvalue weighted by atomic mass is 32.2. The van der Waals surface area contributed by atoms with Gasteiger partial charge in [0.25, 0.3) is 0 Å². The molecule has 6 nitrogen and oxygen atoms in total. The Morgan fingerprint density at radius 1 is 0.892 bits per heavy atom. The van der Waals surface area contributed by atoms with Gasteiger partial charge in [0, 0.05) is 55.9 Å². The fourth-order valence-electron chi connectivity index (χ4n) is 4.93. The average Bonchev–Trinajstić information content (AvgIpc) is 2.95. The summed E-state index contributed by atoms with van der Waals surface area (Å²) >= 11 is 1.73. The molecule has 2 aliphatic heterocycles. The molecule has 0 unspecified atom stereocenters. The number of aromatic nitrogens is 2. The van der Waals surface area contributed by atoms with Gasteiger partial charge in [-0.05, 0) is 72.9 Å². The molecule has 0 aliphatic carbocycles. The number of piperazine rings is 1. The Morgan fingerprint density at radius 2 is 1.68 bits per heavy atom. The molecule has 188 valence electrons. The van der Waals surface area contributed by atoms with Crippen LogP contribution in [-0.4, -0.2) is 54.6 Å². The van der Waals surface area contributed by atoms with Crippen LogP contribution in [0.15, 0.2) is 83.9 Å². The molecule has 1 saturated heterocycles. The van der Waals surface area contributed by atoms with Crippen LogP contribution in [0.5, 0.6) is 0 Å². The largest absolute Gasteiger partial charge is 0.369 e. The third-order valence-corrected chi connectivity index (χ3v) is 8.10. The molecule has 3 aromatic carbocycles. The first-order valence-electron chi connectivity index (χ1n) is 13.0. The van der Waals surface area contributed by atoms with Crippen molar-refractivity contribution in [2.24, 2.45) is 0 Å². The number of nitrogens with one attached hydrogen (secondary N) is 1. The molecule has 3 heterocycles. The molecule has 37 heavy (non-hydrogen) atoms. The summed E-state index contributed by atoms with van der Waals surface area (Å²) in [4.78, 5) is 15.6. The van der Waals surface area contributed by atoms with Crippen molar-refractivity contribution in [3.63, 3.8) is 0 Å². The zero-order valence-electron chi connectivity index (χ0n) is 21.4. The summed E-state index contributed by atoms with van der Waals surface area (Å²) in [7, 11) is 2.18. The molecular formula is C30H32N6S. The Morgan fingerprint density at radius 3 is 2.43 bits per heavy atom. The first kappa shape index (κ1) is 23.8. The summed E-state index contributed by atoms with van der Waals surface area (Å²) in [6.45, 7) is 7.52. The molecule has 0 bridgehead atoms. The van der Waals surface area contributed by atoms with Crippen molar-refractivity contribution in [1.29, 1.82) is 0 Å². The average molecular weight is 509 g/mol. The van der Waals surface area contributed by atoms with Crippen LogP contribution in [0.4, 0.5) is 23.0 Å². The third-order valence-electron chi connectivity index (χ3n) is 7.01. The molecule has 6 rings (SSSR count). The van der Waals surface area contributed by atoms with Gasteiger partial charge in [0.2, 0.25) is 5.95 Å². The van der Waals surface area contributed by atoms with Crippen molar-refractivity contribution in [2.75, 3.05) is 54.3 Å². The summed E-state index contributed by atoms with van der Waals surface area (Å²) in [6.07, 6.45) is 3.03. The maximum atomic E-state index is 5.01. The standard InChI is InChI=1S/C30H32N6S/c1-3-15-36-27-14-9-23(22-7-5-4-6-8-22)20-26(27)29-28(37-36)21-31-30(33-29)32-24-10-12-25(13-11-24)35-18-16-34(2)17-19-35/h4-14,20-21H,3,15-19H2,1-2H3,(H,31,32,33). The number of anilines is 4. The molecule has 1 fully saturated rings. The number of likely N-dealkylation sites (N-methyl/N-ethyl adjacent to an activating group) is 1. The summed E-state index contributed by atoms with van der Waals surface area (Å²) in [5.74, 6) is 0.617. The van der Waals surface area contributed by atoms with Gasteiger partial charge in [0.1, 0.15) is 0 Å². The van der Waals surface area contributed by atoms with Gasteiger partial charge in [-0.15, -0.1) is 0 Å². The predicted molar refractivity (Wildman–Crippen MR) is 156 cm³/mol. The Bertz CT molecular complexity index is 1370. The topological polar surface area (TPSA) is 47.5 Å². The van der Waals surface area contributed by atoms with Crippen molar-refractivity contribution in [3.05, 3.63) is 79.0 Å². The number of benzene rings is 3. The molecular weight excluding hydrogens is 476 g/mol. The smallest absolute Gasteiger partial charge is 0.227 e. The normalized spacial score (nSPS) is 15.3. The van der Waals surface area contributed by atoms with E-state index in [4.69, 9.17) is 4.98 Å². The van der Waals surface area contributed by atoms with E-state index in [9.17, 15) is 0 Å². The van der Waals surface area contributed by atoms with Gasteiger partial charge < -0.3 is 19.4 Å². The summed E-state index contributed by atoms with van der Waals surface area (Å²) in [5.41, 5.74) is 8.00. The van der Waals surface area contributed by atoms with E-state index in [2.05, 4.69) is 111 Å². The van der Waals surface area contributed by atoms with Crippen LogP contribution < -0.4 is 14.5 Å². The summed E-state index contributed by atoms with van der Waals surface area (Å²) in [6, 6.07) is 25.9. The van der Waals surface area contributed by atoms with Crippen molar-refractivity contribution < 1.29 is 0 Å². The van der Waals surface area contributed by atoms with Crippen LogP contribution in [0.3, 0.4) is 0 Å². The van der Waals surface area contributed by atoms with Crippen molar-refractivity contribution >= 4 is 35.0 Å². The van der Waals surface area contributed by atoms with Crippen molar-refractivity contribution in [1.82, 2.24) is 14.9 Å². The highest BCUT2D eigenvalue weighted by Gasteiger charge is 2.25. The summed E-state index contributed by atoms with van der Waals surface area (Å²) in [5, 5.41) is 3.43. The Labute approximate surface area is 223 Å². The second-order valence-electron chi connectivity index (χ2n) is 9.66. The first-order valence-corrected chi connectivity index (χ1v) is 13.8. The minimum Gasteiger partial charge on any atom is -0.369 e. The number of rotatable bonds is 6. The second kappa shape index (κ2) is 10.4. The lowest BCUT2D eigenvalue weighted by molar-refractivity contribution is 0.313. The monoisotopic (exact) mass is 508 g/mol. The van der Waals surface area contributed by atoms with Crippen LogP contribution in [0.2, 0.25) is 0 Å². The van der Waals surface area contributed by atoms with Crippen LogP contribution in [-0.2, 0) is 0 Å². The van der Waals surface area contributed by atoms with E-state index in [-0.39, 0.29) is 0 Å². The van der Waals surface area contributed by atoms with E-state index in [0.717, 1.165) is 61.0 Å². The number of hydrogen-bond donors (Lipinski definition) is 1. The van der Waals surface area contributed by atoms with Crippen LogP contribution in [0.1, 0.15) is 13.3 Å². The maximum Gasteiger partial charge on any atom is 0.227 e. The van der Waals surface area contributed by atoms with E-state index < -0.39 is 0 Å². The Hall–Kier alpha value is -3.55. The molecule has 0 radical (unpaired) electrons. The van der Waals surface area contributed by atoms with E-state index in [1.54, 1.807) is 11.9 Å². The molecule has 1 aromatic heterocycles. The third kappa shape index (κ3) is 5.02. The van der Waals surface area contributed by atoms with Gasteiger partial charge in [-0.1, -0.05) is 43.3 Å². The zero-order chi connectivity index (χ0) is 25.2. The summed E-state index contributed by atoms with van der Waals surface area (Å²) < 4.78 is 2.36. The highest BCUT2D eigenvalue weighted by Crippen LogP contribution is 2.47. The molecule has 0 saturated carbocycles. The van der Waals surface area contributed by atoms with E-state index in [1.165, 1.54) is 22.5 Å². The lowest BCUT2D eigenvalue weighted by atomic mass is 9.99. The predicted octanol–water partition coefficient (Wildman–Crippen LogP) is 6.54. The molecule has 0 amide bonds. The minimum absolute atomic E-state index is 0.617. The van der Waals surface area contributed by atoms with Gasteiger partial charge in [-0.2, -0.15) is 0 Å². The highest BCUT2D eigenvalue weighted by molar-refractivity contribution is 8.00. The van der Waals surface area contributed by atoms with Gasteiger partial charge in [0.05, 0.1) is 16.3 Å². The maximum absolute atomic E-state index is 5.01. The molecule has 2 aliphatic rings. The van der Waals surface area contributed by atoms with Gasteiger partial charge in [0.15, 0.2) is 0 Å². The van der Waals surface area contributed by atoms with Gasteiger partial charge in [-0.25, -0.2) is 9.97 Å². The molecule has 7 heteroatoms. The van der Waals surface area contributed by atoms with Crippen LogP contribution >= 0.6 is 11.9 Å². The number of fused-ring (bicyclic) bond motifs is 3. The van der Waals surface area contributed by atoms with E-state index >= 15 is 0 Å². The Balaban J connectivity index is 1.29.